The van der Waals surface area contributed by atoms with Crippen LogP contribution in [0.25, 0.3) is 11.3 Å². The molecule has 0 unspecified atom stereocenters. The number of nitrogens with zero attached hydrogens (tertiary/aromatic N) is 3. The molecule has 3 aromatic rings. The second-order valence-corrected chi connectivity index (χ2v) is 7.55. The Balaban J connectivity index is 2.10. The summed E-state index contributed by atoms with van der Waals surface area (Å²) in [6, 6.07) is 15.1. The van der Waals surface area contributed by atoms with Gasteiger partial charge in [0.25, 0.3) is 0 Å². The molecule has 2 aromatic carbocycles. The smallest absolute Gasteiger partial charge is 0.206 e. The van der Waals surface area contributed by atoms with Gasteiger partial charge in [-0.25, -0.2) is 4.68 Å². The molecule has 26 heavy (non-hydrogen) atoms. The van der Waals surface area contributed by atoms with Crippen molar-refractivity contribution < 1.29 is 5.11 Å². The Kier molecular flexibility index (Phi) is 5.85. The van der Waals surface area contributed by atoms with Crippen LogP contribution in [0.2, 0.25) is 0 Å². The Morgan fingerprint density at radius 3 is 2.81 bits per heavy atom. The van der Waals surface area contributed by atoms with E-state index in [2.05, 4.69) is 32.6 Å². The SMILES string of the molecule is C=C(C)CN=c1scc(-c2cccc(Br)c2)n1N=Cc1ccccc1O. The van der Waals surface area contributed by atoms with Crippen LogP contribution in [0, 0.1) is 0 Å². The first kappa shape index (κ1) is 18.4. The van der Waals surface area contributed by atoms with E-state index >= 15 is 0 Å². The predicted molar refractivity (Wildman–Crippen MR) is 112 cm³/mol. The van der Waals surface area contributed by atoms with Gasteiger partial charge in [0.15, 0.2) is 0 Å². The van der Waals surface area contributed by atoms with Gasteiger partial charge in [-0.2, -0.15) is 5.10 Å². The first-order valence-corrected chi connectivity index (χ1v) is 9.65. The summed E-state index contributed by atoms with van der Waals surface area (Å²) < 4.78 is 2.79. The Morgan fingerprint density at radius 2 is 2.08 bits per heavy atom. The van der Waals surface area contributed by atoms with Crippen LogP contribution in [0.1, 0.15) is 12.5 Å². The zero-order valence-corrected chi connectivity index (χ0v) is 16.7. The number of halogens is 1. The monoisotopic (exact) mass is 427 g/mol. The van der Waals surface area contributed by atoms with Crippen LogP contribution in [0.3, 0.4) is 0 Å². The van der Waals surface area contributed by atoms with Gasteiger partial charge in [-0.3, -0.25) is 4.99 Å². The molecule has 0 aliphatic rings. The lowest BCUT2D eigenvalue weighted by Crippen LogP contribution is -2.13. The topological polar surface area (TPSA) is 49.9 Å². The van der Waals surface area contributed by atoms with Crippen LogP contribution in [0.15, 0.2) is 80.6 Å². The lowest BCUT2D eigenvalue weighted by Gasteiger charge is -2.05. The fourth-order valence-electron chi connectivity index (χ4n) is 2.28. The van der Waals surface area contributed by atoms with E-state index in [-0.39, 0.29) is 5.75 Å². The van der Waals surface area contributed by atoms with Gasteiger partial charge >= 0.3 is 0 Å². The summed E-state index contributed by atoms with van der Waals surface area (Å²) in [6.07, 6.45) is 1.64. The van der Waals surface area contributed by atoms with E-state index in [1.807, 2.05) is 48.7 Å². The summed E-state index contributed by atoms with van der Waals surface area (Å²) >= 11 is 5.04. The average Bonchev–Trinajstić information content (AvgIpc) is 3.02. The van der Waals surface area contributed by atoms with E-state index in [9.17, 15) is 5.11 Å². The van der Waals surface area contributed by atoms with Crippen molar-refractivity contribution in [3.05, 3.63) is 80.9 Å². The highest BCUT2D eigenvalue weighted by molar-refractivity contribution is 9.10. The highest BCUT2D eigenvalue weighted by Gasteiger charge is 2.08. The van der Waals surface area contributed by atoms with Crippen LogP contribution in [-0.4, -0.2) is 22.5 Å². The fourth-order valence-corrected chi connectivity index (χ4v) is 3.52. The molecule has 0 fully saturated rings. The van der Waals surface area contributed by atoms with Gasteiger partial charge in [0.05, 0.1) is 18.5 Å². The number of hydrogen-bond acceptors (Lipinski definition) is 4. The highest BCUT2D eigenvalue weighted by Crippen LogP contribution is 2.24. The minimum Gasteiger partial charge on any atom is -0.507 e. The lowest BCUT2D eigenvalue weighted by molar-refractivity contribution is 0.474. The number of hydrogen-bond donors (Lipinski definition) is 1. The summed E-state index contributed by atoms with van der Waals surface area (Å²) in [5.41, 5.74) is 3.60. The summed E-state index contributed by atoms with van der Waals surface area (Å²) in [7, 11) is 0. The number of phenolic OH excluding ortho intramolecular Hbond substituents is 1. The van der Waals surface area contributed by atoms with Crippen molar-refractivity contribution in [2.45, 2.75) is 6.92 Å². The predicted octanol–water partition coefficient (Wildman–Crippen LogP) is 5.04. The number of thiazole rings is 1. The fraction of sp³-hybridized carbons (Fsp3) is 0.100. The molecule has 0 amide bonds. The molecule has 0 saturated carbocycles. The quantitative estimate of drug-likeness (QED) is 0.449. The van der Waals surface area contributed by atoms with Crippen LogP contribution >= 0.6 is 27.3 Å². The Bertz CT molecular complexity index is 1030. The van der Waals surface area contributed by atoms with E-state index in [0.717, 1.165) is 26.1 Å². The maximum absolute atomic E-state index is 9.97. The molecule has 0 saturated heterocycles. The van der Waals surface area contributed by atoms with Crippen molar-refractivity contribution in [1.82, 2.24) is 4.68 Å². The normalized spacial score (nSPS) is 12.0. The van der Waals surface area contributed by atoms with Crippen molar-refractivity contribution in [1.29, 1.82) is 0 Å². The molecule has 1 N–H and O–H groups in total. The van der Waals surface area contributed by atoms with Crippen molar-refractivity contribution in [3.8, 4) is 17.0 Å². The van der Waals surface area contributed by atoms with Crippen molar-refractivity contribution >= 4 is 33.5 Å². The molecule has 0 aliphatic heterocycles. The van der Waals surface area contributed by atoms with Gasteiger partial charge in [0.1, 0.15) is 5.75 Å². The Labute approximate surface area is 164 Å². The van der Waals surface area contributed by atoms with Crippen LogP contribution < -0.4 is 4.80 Å². The van der Waals surface area contributed by atoms with E-state index in [1.54, 1.807) is 23.0 Å². The maximum atomic E-state index is 9.97. The Hall–Kier alpha value is -2.44. The van der Waals surface area contributed by atoms with Crippen molar-refractivity contribution in [3.63, 3.8) is 0 Å². The molecule has 0 atom stereocenters. The van der Waals surface area contributed by atoms with Gasteiger partial charge in [-0.1, -0.05) is 52.3 Å². The number of para-hydroxylation sites is 1. The second-order valence-electron chi connectivity index (χ2n) is 5.80. The number of rotatable bonds is 5. The second kappa shape index (κ2) is 8.29. The third kappa shape index (κ3) is 4.39. The molecule has 0 aliphatic carbocycles. The third-order valence-electron chi connectivity index (χ3n) is 3.54. The van der Waals surface area contributed by atoms with Crippen molar-refractivity contribution in [2.24, 2.45) is 10.1 Å². The van der Waals surface area contributed by atoms with Crippen LogP contribution in [0.4, 0.5) is 0 Å². The van der Waals surface area contributed by atoms with E-state index < -0.39 is 0 Å². The van der Waals surface area contributed by atoms with Crippen LogP contribution in [-0.2, 0) is 0 Å². The minimum absolute atomic E-state index is 0.191. The molecule has 1 heterocycles. The average molecular weight is 428 g/mol. The number of benzene rings is 2. The standard InChI is InChI=1S/C20H18BrN3OS/c1-14(2)11-22-20-24(23-12-16-6-3-4-9-19(16)25)18(13-26-20)15-7-5-8-17(21)10-15/h3-10,12-13,25H,1,11H2,2H3. The summed E-state index contributed by atoms with van der Waals surface area (Å²) in [4.78, 5) is 5.38. The van der Waals surface area contributed by atoms with Crippen LogP contribution in [0.5, 0.6) is 5.75 Å². The zero-order valence-electron chi connectivity index (χ0n) is 14.3. The highest BCUT2D eigenvalue weighted by atomic mass is 79.9. The minimum atomic E-state index is 0.191. The Morgan fingerprint density at radius 1 is 1.27 bits per heavy atom. The number of phenols is 1. The molecule has 1 aromatic heterocycles. The first-order valence-electron chi connectivity index (χ1n) is 7.98. The summed E-state index contributed by atoms with van der Waals surface area (Å²) in [6.45, 7) is 6.40. The molecule has 0 radical (unpaired) electrons. The lowest BCUT2D eigenvalue weighted by atomic mass is 10.2. The molecular formula is C20H18BrN3OS. The molecule has 3 rings (SSSR count). The molecule has 4 nitrogen and oxygen atoms in total. The molecule has 0 spiro atoms. The summed E-state index contributed by atoms with van der Waals surface area (Å²) in [5.74, 6) is 0.191. The molecule has 0 bridgehead atoms. The maximum Gasteiger partial charge on any atom is 0.206 e. The van der Waals surface area contributed by atoms with Gasteiger partial charge in [0, 0.05) is 21.0 Å². The molecule has 132 valence electrons. The van der Waals surface area contributed by atoms with Gasteiger partial charge in [0.2, 0.25) is 4.80 Å². The first-order chi connectivity index (χ1) is 12.5. The number of aromatic nitrogens is 1. The zero-order chi connectivity index (χ0) is 18.5. The van der Waals surface area contributed by atoms with Gasteiger partial charge < -0.3 is 5.11 Å². The summed E-state index contributed by atoms with van der Waals surface area (Å²) in [5, 5.41) is 16.6. The van der Waals surface area contributed by atoms with Crippen molar-refractivity contribution in [2.75, 3.05) is 6.54 Å². The largest absolute Gasteiger partial charge is 0.507 e. The van der Waals surface area contributed by atoms with Gasteiger partial charge in [-0.15, -0.1) is 11.3 Å². The van der Waals surface area contributed by atoms with E-state index in [4.69, 9.17) is 0 Å². The van der Waals surface area contributed by atoms with E-state index in [1.165, 1.54) is 11.3 Å². The number of aromatic hydroxyl groups is 1. The van der Waals surface area contributed by atoms with Gasteiger partial charge in [-0.05, 0) is 31.2 Å². The third-order valence-corrected chi connectivity index (χ3v) is 4.89. The molecule has 6 heteroatoms. The van der Waals surface area contributed by atoms with E-state index in [0.29, 0.717) is 12.1 Å². The molecular weight excluding hydrogens is 410 g/mol.